The number of esters is 1. The van der Waals surface area contributed by atoms with E-state index in [2.05, 4.69) is 105 Å². The van der Waals surface area contributed by atoms with E-state index in [1.807, 2.05) is 6.08 Å². The molecule has 3 N–H and O–H groups in total. The van der Waals surface area contributed by atoms with E-state index in [9.17, 15) is 19.8 Å². The highest BCUT2D eigenvalue weighted by atomic mass is 16.5. The molecule has 3 atom stereocenters. The van der Waals surface area contributed by atoms with Gasteiger partial charge < -0.3 is 20.3 Å². The molecule has 0 rings (SSSR count). The second kappa shape index (κ2) is 52.0. The third kappa shape index (κ3) is 47.3. The number of hydrogen-bond donors (Lipinski definition) is 3. The van der Waals surface area contributed by atoms with Crippen LogP contribution in [0.3, 0.4) is 0 Å². The first-order valence-corrected chi connectivity index (χ1v) is 27.3. The van der Waals surface area contributed by atoms with Gasteiger partial charge in [0.05, 0.1) is 25.2 Å². The van der Waals surface area contributed by atoms with Crippen LogP contribution in [0.2, 0.25) is 0 Å². The van der Waals surface area contributed by atoms with Crippen molar-refractivity contribution in [2.45, 2.75) is 270 Å². The molecule has 0 bridgehead atoms. The maximum Gasteiger partial charge on any atom is 0.306 e. The fraction of sp³-hybridized carbons (Fsp3) is 0.729. The molecule has 0 fully saturated rings. The number of rotatable bonds is 48. The first-order chi connectivity index (χ1) is 32.0. The van der Waals surface area contributed by atoms with Gasteiger partial charge in [0, 0.05) is 6.42 Å². The minimum absolute atomic E-state index is 0.0331. The summed E-state index contributed by atoms with van der Waals surface area (Å²) in [5, 5.41) is 23.8. The Kier molecular flexibility index (Phi) is 49.6. The van der Waals surface area contributed by atoms with Crippen molar-refractivity contribution in [2.24, 2.45) is 0 Å². The number of unbranched alkanes of at least 4 members (excludes halogenated alkanes) is 22. The topological polar surface area (TPSA) is 95.9 Å². The van der Waals surface area contributed by atoms with Crippen LogP contribution in [0.15, 0.2) is 85.1 Å². The molecule has 6 nitrogen and oxygen atoms in total. The fourth-order valence-electron chi connectivity index (χ4n) is 7.86. The number of aliphatic hydroxyl groups excluding tert-OH is 2. The lowest BCUT2D eigenvalue weighted by molar-refractivity contribution is -0.150. The van der Waals surface area contributed by atoms with Crippen LogP contribution in [0.1, 0.15) is 252 Å². The molecule has 1 amide bonds. The van der Waals surface area contributed by atoms with E-state index in [4.69, 9.17) is 4.74 Å². The largest absolute Gasteiger partial charge is 0.462 e. The molecular formula is C59H103NO5. The van der Waals surface area contributed by atoms with Crippen molar-refractivity contribution in [3.8, 4) is 0 Å². The molecule has 0 aromatic heterocycles. The summed E-state index contributed by atoms with van der Waals surface area (Å²) in [5.41, 5.74) is 0. The Hall–Kier alpha value is -2.96. The number of allylic oxidation sites excluding steroid dienone is 14. The highest BCUT2D eigenvalue weighted by Crippen LogP contribution is 2.17. The Balaban J connectivity index is 4.57. The van der Waals surface area contributed by atoms with Gasteiger partial charge in [0.15, 0.2) is 0 Å². The second-order valence-electron chi connectivity index (χ2n) is 18.2. The number of carbonyl (C=O) groups is 2. The van der Waals surface area contributed by atoms with Crippen molar-refractivity contribution in [3.63, 3.8) is 0 Å². The summed E-state index contributed by atoms with van der Waals surface area (Å²) in [4.78, 5) is 26.1. The Morgan fingerprint density at radius 1 is 0.462 bits per heavy atom. The van der Waals surface area contributed by atoms with Crippen LogP contribution < -0.4 is 5.32 Å². The Morgan fingerprint density at radius 3 is 1.29 bits per heavy atom. The van der Waals surface area contributed by atoms with Crippen molar-refractivity contribution in [3.05, 3.63) is 85.1 Å². The van der Waals surface area contributed by atoms with Crippen molar-refractivity contribution < 1.29 is 24.5 Å². The van der Waals surface area contributed by atoms with Gasteiger partial charge in [-0.2, -0.15) is 0 Å². The summed E-state index contributed by atoms with van der Waals surface area (Å²) in [6.45, 7) is 6.33. The van der Waals surface area contributed by atoms with Gasteiger partial charge >= 0.3 is 5.97 Å². The van der Waals surface area contributed by atoms with Gasteiger partial charge in [-0.3, -0.25) is 9.59 Å². The highest BCUT2D eigenvalue weighted by Gasteiger charge is 2.24. The minimum atomic E-state index is -0.808. The molecule has 0 aromatic carbocycles. The van der Waals surface area contributed by atoms with E-state index in [1.165, 1.54) is 109 Å². The van der Waals surface area contributed by atoms with Gasteiger partial charge in [0.2, 0.25) is 5.91 Å². The lowest BCUT2D eigenvalue weighted by Gasteiger charge is -2.24. The van der Waals surface area contributed by atoms with Crippen LogP contribution in [-0.4, -0.2) is 46.9 Å². The van der Waals surface area contributed by atoms with Crippen LogP contribution in [0.5, 0.6) is 0 Å². The Bertz CT molecular complexity index is 1250. The molecule has 0 saturated heterocycles. The maximum absolute atomic E-state index is 13.2. The number of carbonyl (C=O) groups excluding carboxylic acids is 2. The quantitative estimate of drug-likeness (QED) is 0.0321. The molecular weight excluding hydrogens is 803 g/mol. The zero-order valence-corrected chi connectivity index (χ0v) is 42.6. The lowest BCUT2D eigenvalue weighted by Crippen LogP contribution is -2.46. The van der Waals surface area contributed by atoms with E-state index in [1.54, 1.807) is 0 Å². The van der Waals surface area contributed by atoms with Crippen molar-refractivity contribution >= 4 is 11.9 Å². The maximum atomic E-state index is 13.2. The van der Waals surface area contributed by atoms with Gasteiger partial charge in [-0.15, -0.1) is 0 Å². The molecule has 0 spiro atoms. The summed E-state index contributed by atoms with van der Waals surface area (Å²) < 4.78 is 5.88. The first kappa shape index (κ1) is 62.0. The van der Waals surface area contributed by atoms with E-state index in [0.717, 1.165) is 89.9 Å². The molecule has 0 aliphatic rings. The normalized spacial score (nSPS) is 13.9. The zero-order chi connectivity index (χ0) is 47.4. The number of amides is 1. The summed E-state index contributed by atoms with van der Waals surface area (Å²) in [7, 11) is 0. The van der Waals surface area contributed by atoms with Gasteiger partial charge in [0.1, 0.15) is 6.10 Å². The molecule has 0 aromatic rings. The average molecular weight is 906 g/mol. The highest BCUT2D eigenvalue weighted by molar-refractivity contribution is 5.77. The van der Waals surface area contributed by atoms with Gasteiger partial charge in [-0.1, -0.05) is 234 Å². The predicted octanol–water partition coefficient (Wildman–Crippen LogP) is 16.7. The molecule has 65 heavy (non-hydrogen) atoms. The smallest absolute Gasteiger partial charge is 0.306 e. The Morgan fingerprint density at radius 2 is 0.831 bits per heavy atom. The average Bonchev–Trinajstić information content (AvgIpc) is 3.30. The number of nitrogens with one attached hydrogen (secondary N) is 1. The van der Waals surface area contributed by atoms with E-state index < -0.39 is 18.2 Å². The summed E-state index contributed by atoms with van der Waals surface area (Å²) in [5.74, 6) is -0.592. The van der Waals surface area contributed by atoms with E-state index in [-0.39, 0.29) is 31.3 Å². The van der Waals surface area contributed by atoms with Crippen molar-refractivity contribution in [1.29, 1.82) is 0 Å². The molecule has 0 aliphatic heterocycles. The molecule has 0 saturated carbocycles. The fourth-order valence-corrected chi connectivity index (χ4v) is 7.86. The van der Waals surface area contributed by atoms with Crippen LogP contribution in [0.25, 0.3) is 0 Å². The van der Waals surface area contributed by atoms with E-state index >= 15 is 0 Å². The van der Waals surface area contributed by atoms with E-state index in [0.29, 0.717) is 19.3 Å². The number of aliphatic hydroxyl groups is 2. The zero-order valence-electron chi connectivity index (χ0n) is 42.6. The molecule has 3 unspecified atom stereocenters. The SMILES string of the molecule is CC/C=C\C/C=C\C/C=C\C/C=C\C/C=C\C/C=C\CCC(=O)OC(CCCCC/C=C\CCCCC)CC(=O)NC(CO)C(O)CCCCCCCCCCCCCCCCCCC. The molecule has 0 heterocycles. The molecule has 6 heteroatoms. The minimum Gasteiger partial charge on any atom is -0.462 e. The first-order valence-electron chi connectivity index (χ1n) is 27.3. The predicted molar refractivity (Wildman–Crippen MR) is 282 cm³/mol. The van der Waals surface area contributed by atoms with Crippen LogP contribution in [0, 0.1) is 0 Å². The summed E-state index contributed by atoms with van der Waals surface area (Å²) in [6, 6.07) is -0.725. The van der Waals surface area contributed by atoms with Crippen LogP contribution >= 0.6 is 0 Å². The third-order valence-corrected chi connectivity index (χ3v) is 12.0. The van der Waals surface area contributed by atoms with Gasteiger partial charge in [0.25, 0.3) is 0 Å². The van der Waals surface area contributed by atoms with Gasteiger partial charge in [-0.25, -0.2) is 0 Å². The summed E-state index contributed by atoms with van der Waals surface area (Å²) >= 11 is 0. The van der Waals surface area contributed by atoms with Crippen molar-refractivity contribution in [1.82, 2.24) is 5.32 Å². The summed E-state index contributed by atoms with van der Waals surface area (Å²) in [6.07, 6.45) is 68.0. The molecule has 374 valence electrons. The van der Waals surface area contributed by atoms with Crippen LogP contribution in [-0.2, 0) is 14.3 Å². The third-order valence-electron chi connectivity index (χ3n) is 12.0. The number of ether oxygens (including phenoxy) is 1. The number of hydrogen-bond acceptors (Lipinski definition) is 5. The monoisotopic (exact) mass is 906 g/mol. The van der Waals surface area contributed by atoms with Crippen LogP contribution in [0.4, 0.5) is 0 Å². The molecule has 0 radical (unpaired) electrons. The molecule has 0 aliphatic carbocycles. The van der Waals surface area contributed by atoms with Gasteiger partial charge in [-0.05, 0) is 89.9 Å². The Labute approximate surface area is 402 Å². The van der Waals surface area contributed by atoms with Crippen molar-refractivity contribution in [2.75, 3.05) is 6.61 Å². The standard InChI is InChI=1S/C59H103NO5/c1-4-7-10-13-16-19-22-24-26-28-29-31-33-35-37-40-43-46-49-52-59(64)65-55(50-47-44-41-38-21-18-15-12-9-6-3)53-58(63)60-56(54-61)57(62)51-48-45-42-39-36-34-32-30-27-25-23-20-17-14-11-8-5-2/h7,10,16,18-19,21,24,26,29,31,35,37,43,46,55-57,61-62H,4-6,8-9,11-15,17,20,22-23,25,27-28,30,32-34,36,38-42,44-45,47-54H2,1-3H3,(H,60,63)/b10-7-,19-16-,21-18-,26-24-,31-29-,37-35-,46-43-. The lowest BCUT2D eigenvalue weighted by atomic mass is 10.0. The second-order valence-corrected chi connectivity index (χ2v) is 18.2.